The van der Waals surface area contributed by atoms with Crippen LogP contribution in [0.15, 0.2) is 36.8 Å². The fourth-order valence-electron chi connectivity index (χ4n) is 2.44. The number of benzene rings is 1. The molecule has 1 unspecified atom stereocenters. The zero-order chi connectivity index (χ0) is 15.5. The minimum Gasteiger partial charge on any atom is -0.340 e. The zero-order valence-corrected chi connectivity index (χ0v) is 13.9. The molecule has 1 heterocycles. The van der Waals surface area contributed by atoms with Gasteiger partial charge in [-0.05, 0) is 29.5 Å². The lowest BCUT2D eigenvalue weighted by Crippen LogP contribution is -2.23. The van der Waals surface area contributed by atoms with Crippen LogP contribution in [0.4, 0.5) is 0 Å². The topological polar surface area (TPSA) is 29.9 Å². The van der Waals surface area contributed by atoms with Gasteiger partial charge in [0.05, 0.1) is 18.1 Å². The van der Waals surface area contributed by atoms with Crippen molar-refractivity contribution < 1.29 is 0 Å². The van der Waals surface area contributed by atoms with Crippen molar-refractivity contribution in [2.24, 2.45) is 7.05 Å². The van der Waals surface area contributed by atoms with E-state index < -0.39 is 0 Å². The molecule has 114 valence electrons. The molecule has 21 heavy (non-hydrogen) atoms. The van der Waals surface area contributed by atoms with E-state index in [1.807, 2.05) is 17.9 Å². The lowest BCUT2D eigenvalue weighted by atomic mass is 9.86. The Morgan fingerprint density at radius 3 is 2.33 bits per heavy atom. The van der Waals surface area contributed by atoms with E-state index in [1.54, 1.807) is 0 Å². The van der Waals surface area contributed by atoms with E-state index in [1.165, 1.54) is 11.1 Å². The zero-order valence-electron chi connectivity index (χ0n) is 13.9. The highest BCUT2D eigenvalue weighted by Gasteiger charge is 2.18. The third kappa shape index (κ3) is 3.94. The Labute approximate surface area is 128 Å². The largest absolute Gasteiger partial charge is 0.340 e. The summed E-state index contributed by atoms with van der Waals surface area (Å²) in [5.74, 6) is 0. The normalized spacial score (nSPS) is 13.4. The molecule has 0 aliphatic heterocycles. The molecule has 1 aromatic heterocycles. The van der Waals surface area contributed by atoms with Gasteiger partial charge in [0.1, 0.15) is 0 Å². The summed E-state index contributed by atoms with van der Waals surface area (Å²) in [4.78, 5) is 4.52. The Kier molecular flexibility index (Phi) is 4.84. The molecule has 0 saturated carbocycles. The predicted octanol–water partition coefficient (Wildman–Crippen LogP) is 3.81. The second-order valence-corrected chi connectivity index (χ2v) is 6.72. The second kappa shape index (κ2) is 6.44. The molecule has 0 bridgehead atoms. The minimum atomic E-state index is 0.167. The third-order valence-electron chi connectivity index (χ3n) is 3.73. The summed E-state index contributed by atoms with van der Waals surface area (Å²) in [6.45, 7) is 9.90. The van der Waals surface area contributed by atoms with Gasteiger partial charge in [-0.25, -0.2) is 4.98 Å². The molecule has 0 amide bonds. The van der Waals surface area contributed by atoms with Gasteiger partial charge in [0, 0.05) is 13.2 Å². The van der Waals surface area contributed by atoms with Crippen LogP contribution in [-0.2, 0) is 12.5 Å². The van der Waals surface area contributed by atoms with Gasteiger partial charge in [-0.15, -0.1) is 0 Å². The summed E-state index contributed by atoms with van der Waals surface area (Å²) in [7, 11) is 2.01. The monoisotopic (exact) mass is 285 g/mol. The first kappa shape index (κ1) is 15.8. The van der Waals surface area contributed by atoms with E-state index in [-0.39, 0.29) is 11.5 Å². The highest BCUT2D eigenvalue weighted by molar-refractivity contribution is 5.32. The van der Waals surface area contributed by atoms with Crippen LogP contribution >= 0.6 is 0 Å². The van der Waals surface area contributed by atoms with Gasteiger partial charge >= 0.3 is 0 Å². The van der Waals surface area contributed by atoms with E-state index in [0.717, 1.165) is 18.7 Å². The Morgan fingerprint density at radius 2 is 1.86 bits per heavy atom. The molecule has 0 aliphatic rings. The van der Waals surface area contributed by atoms with Crippen LogP contribution in [0.1, 0.15) is 57.0 Å². The van der Waals surface area contributed by atoms with E-state index in [4.69, 9.17) is 0 Å². The Morgan fingerprint density at radius 1 is 1.19 bits per heavy atom. The van der Waals surface area contributed by atoms with Crippen molar-refractivity contribution in [1.82, 2.24) is 14.9 Å². The number of aromatic nitrogens is 2. The van der Waals surface area contributed by atoms with Crippen LogP contribution < -0.4 is 5.32 Å². The maximum Gasteiger partial charge on any atom is 0.0947 e. The molecule has 2 rings (SSSR count). The number of aryl methyl sites for hydroxylation is 1. The summed E-state index contributed by atoms with van der Waals surface area (Å²) in [6.07, 6.45) is 5.06. The van der Waals surface area contributed by atoms with Crippen molar-refractivity contribution >= 4 is 0 Å². The van der Waals surface area contributed by atoms with Crippen LogP contribution in [0.5, 0.6) is 0 Å². The number of imidazole rings is 1. The molecular formula is C18H27N3. The van der Waals surface area contributed by atoms with E-state index in [2.05, 4.69) is 68.5 Å². The Hall–Kier alpha value is -1.61. The quantitative estimate of drug-likeness (QED) is 0.905. The molecule has 2 aromatic rings. The van der Waals surface area contributed by atoms with Crippen molar-refractivity contribution in [3.05, 3.63) is 53.6 Å². The molecule has 1 N–H and O–H groups in total. The molecule has 0 spiro atoms. The van der Waals surface area contributed by atoms with Crippen molar-refractivity contribution in [2.75, 3.05) is 6.54 Å². The minimum absolute atomic E-state index is 0.167. The van der Waals surface area contributed by atoms with Crippen LogP contribution in [0.25, 0.3) is 0 Å². The van der Waals surface area contributed by atoms with Crippen LogP contribution in [0.3, 0.4) is 0 Å². The van der Waals surface area contributed by atoms with Crippen LogP contribution in [0.2, 0.25) is 0 Å². The predicted molar refractivity (Wildman–Crippen MR) is 88.5 cm³/mol. The highest BCUT2D eigenvalue weighted by Crippen LogP contribution is 2.26. The molecule has 0 fully saturated rings. The van der Waals surface area contributed by atoms with Gasteiger partial charge in [-0.3, -0.25) is 0 Å². The fourth-order valence-corrected chi connectivity index (χ4v) is 2.44. The van der Waals surface area contributed by atoms with Gasteiger partial charge in [-0.1, -0.05) is 52.0 Å². The molecule has 1 aromatic carbocycles. The van der Waals surface area contributed by atoms with Gasteiger partial charge in [0.15, 0.2) is 0 Å². The number of rotatable bonds is 5. The van der Waals surface area contributed by atoms with Crippen LogP contribution in [-0.4, -0.2) is 16.1 Å². The second-order valence-electron chi connectivity index (χ2n) is 6.72. The molecule has 0 saturated heterocycles. The maximum absolute atomic E-state index is 4.52. The Bertz CT molecular complexity index is 561. The molecule has 0 radical (unpaired) electrons. The first-order valence-corrected chi connectivity index (χ1v) is 7.73. The molecular weight excluding hydrogens is 258 g/mol. The summed E-state index contributed by atoms with van der Waals surface area (Å²) in [5.41, 5.74) is 3.90. The summed E-state index contributed by atoms with van der Waals surface area (Å²) in [5, 5.41) is 3.60. The van der Waals surface area contributed by atoms with E-state index >= 15 is 0 Å². The number of hydrogen-bond acceptors (Lipinski definition) is 2. The van der Waals surface area contributed by atoms with Crippen molar-refractivity contribution in [3.63, 3.8) is 0 Å². The smallest absolute Gasteiger partial charge is 0.0947 e. The maximum atomic E-state index is 4.52. The Balaban J connectivity index is 2.28. The number of nitrogens with zero attached hydrogens (tertiary/aromatic N) is 2. The average Bonchev–Trinajstić information content (AvgIpc) is 2.85. The number of hydrogen-bond donors (Lipinski definition) is 1. The number of nitrogens with one attached hydrogen (secondary N) is 1. The lowest BCUT2D eigenvalue weighted by Gasteiger charge is -2.21. The first-order chi connectivity index (χ1) is 9.91. The van der Waals surface area contributed by atoms with Gasteiger partial charge < -0.3 is 9.88 Å². The highest BCUT2D eigenvalue weighted by atomic mass is 15.0. The standard InChI is InChI=1S/C18H27N3/c1-6-11-19-17(16-12-21(5)13-20-16)14-7-9-15(10-8-14)18(2,3)4/h7-10,12-13,17,19H,6,11H2,1-5H3. The average molecular weight is 285 g/mol. The van der Waals surface area contributed by atoms with Crippen molar-refractivity contribution in [2.45, 2.75) is 45.6 Å². The fraction of sp³-hybridized carbons (Fsp3) is 0.500. The lowest BCUT2D eigenvalue weighted by molar-refractivity contribution is 0.579. The van der Waals surface area contributed by atoms with Crippen molar-refractivity contribution in [1.29, 1.82) is 0 Å². The van der Waals surface area contributed by atoms with Gasteiger partial charge in [0.25, 0.3) is 0 Å². The summed E-state index contributed by atoms with van der Waals surface area (Å²) in [6, 6.07) is 9.09. The SMILES string of the molecule is CCCNC(c1ccc(C(C)(C)C)cc1)c1cn(C)cn1. The molecule has 3 heteroatoms. The van der Waals surface area contributed by atoms with Gasteiger partial charge in [0.2, 0.25) is 0 Å². The molecule has 0 aliphatic carbocycles. The molecule has 3 nitrogen and oxygen atoms in total. The van der Waals surface area contributed by atoms with Crippen molar-refractivity contribution in [3.8, 4) is 0 Å². The first-order valence-electron chi connectivity index (χ1n) is 7.73. The summed E-state index contributed by atoms with van der Waals surface area (Å²) >= 11 is 0. The van der Waals surface area contributed by atoms with Crippen LogP contribution in [0, 0.1) is 0 Å². The van der Waals surface area contributed by atoms with Gasteiger partial charge in [-0.2, -0.15) is 0 Å². The third-order valence-corrected chi connectivity index (χ3v) is 3.73. The van der Waals surface area contributed by atoms with E-state index in [0.29, 0.717) is 0 Å². The summed E-state index contributed by atoms with van der Waals surface area (Å²) < 4.78 is 2.00. The van der Waals surface area contributed by atoms with E-state index in [9.17, 15) is 0 Å². The molecule has 1 atom stereocenters.